The first-order valence-electron chi connectivity index (χ1n) is 7.79. The van der Waals surface area contributed by atoms with Crippen molar-refractivity contribution in [3.05, 3.63) is 29.8 Å². The van der Waals surface area contributed by atoms with E-state index in [1.165, 1.54) is 17.7 Å². The van der Waals surface area contributed by atoms with Crippen LogP contribution in [0.4, 0.5) is 5.69 Å². The van der Waals surface area contributed by atoms with Crippen LogP contribution in [0, 0.1) is 11.8 Å². The van der Waals surface area contributed by atoms with E-state index in [4.69, 9.17) is 0 Å². The number of carbonyl (C=O) groups is 1. The van der Waals surface area contributed by atoms with Crippen LogP contribution in [0.25, 0.3) is 0 Å². The average molecular weight is 272 g/mol. The third-order valence-corrected chi connectivity index (χ3v) is 4.72. The van der Waals surface area contributed by atoms with E-state index in [2.05, 4.69) is 42.3 Å². The van der Waals surface area contributed by atoms with Crippen molar-refractivity contribution in [1.82, 2.24) is 4.90 Å². The lowest BCUT2D eigenvalue weighted by atomic mass is 9.92. The minimum Gasteiger partial charge on any atom is -0.384 e. The summed E-state index contributed by atoms with van der Waals surface area (Å²) in [7, 11) is 0. The van der Waals surface area contributed by atoms with Crippen LogP contribution in [0.2, 0.25) is 0 Å². The van der Waals surface area contributed by atoms with E-state index in [-0.39, 0.29) is 5.92 Å². The van der Waals surface area contributed by atoms with Gasteiger partial charge in [-0.2, -0.15) is 0 Å². The van der Waals surface area contributed by atoms with Gasteiger partial charge in [-0.15, -0.1) is 0 Å². The van der Waals surface area contributed by atoms with Gasteiger partial charge in [0.05, 0.1) is 5.92 Å². The lowest BCUT2D eigenvalue weighted by Crippen LogP contribution is -2.45. The molecule has 1 aromatic carbocycles. The molecular formula is C17H24N2O. The fraction of sp³-hybridized carbons (Fsp3) is 0.588. The Morgan fingerprint density at radius 1 is 1.35 bits per heavy atom. The van der Waals surface area contributed by atoms with Crippen molar-refractivity contribution in [3.8, 4) is 0 Å². The molecule has 1 aromatic rings. The number of rotatable bonds is 2. The van der Waals surface area contributed by atoms with Crippen LogP contribution in [-0.2, 0) is 11.2 Å². The van der Waals surface area contributed by atoms with Gasteiger partial charge >= 0.3 is 0 Å². The van der Waals surface area contributed by atoms with Crippen molar-refractivity contribution in [2.45, 2.75) is 39.2 Å². The van der Waals surface area contributed by atoms with Gasteiger partial charge in [-0.05, 0) is 36.8 Å². The van der Waals surface area contributed by atoms with Gasteiger partial charge in [-0.1, -0.05) is 32.0 Å². The van der Waals surface area contributed by atoms with Crippen molar-refractivity contribution in [3.63, 3.8) is 0 Å². The Bertz CT molecular complexity index is 498. The van der Waals surface area contributed by atoms with Crippen molar-refractivity contribution in [2.75, 3.05) is 18.4 Å². The molecule has 0 aliphatic carbocycles. The maximum Gasteiger partial charge on any atom is 0.228 e. The summed E-state index contributed by atoms with van der Waals surface area (Å²) < 4.78 is 0. The highest BCUT2D eigenvalue weighted by atomic mass is 16.2. The number of nitrogens with zero attached hydrogens (tertiary/aromatic N) is 1. The van der Waals surface area contributed by atoms with Crippen molar-refractivity contribution < 1.29 is 4.79 Å². The Balaban J connectivity index is 1.73. The highest BCUT2D eigenvalue weighted by Gasteiger charge is 2.35. The van der Waals surface area contributed by atoms with Gasteiger partial charge in [-0.3, -0.25) is 4.79 Å². The molecule has 0 saturated carbocycles. The molecule has 2 aliphatic rings. The molecule has 0 radical (unpaired) electrons. The monoisotopic (exact) mass is 272 g/mol. The lowest BCUT2D eigenvalue weighted by molar-refractivity contribution is -0.136. The maximum atomic E-state index is 12.8. The fourth-order valence-corrected chi connectivity index (χ4v) is 3.61. The average Bonchev–Trinajstić information content (AvgIpc) is 2.95. The standard InChI is InChI=1S/C17H24N2O/c1-12(2)16-8-5-9-19(16)17(20)14-10-13-6-3-4-7-15(13)18-11-14/h3-4,6-7,12,14,16,18H,5,8-11H2,1-2H3. The molecule has 20 heavy (non-hydrogen) atoms. The first-order valence-corrected chi connectivity index (χ1v) is 7.79. The summed E-state index contributed by atoms with van der Waals surface area (Å²) in [4.78, 5) is 15.0. The number of carbonyl (C=O) groups excluding carboxylic acids is 1. The van der Waals surface area contributed by atoms with E-state index in [9.17, 15) is 4.79 Å². The molecule has 2 aliphatic heterocycles. The summed E-state index contributed by atoms with van der Waals surface area (Å²) in [5.74, 6) is 1.01. The Morgan fingerprint density at radius 2 is 2.15 bits per heavy atom. The van der Waals surface area contributed by atoms with Gasteiger partial charge in [0.25, 0.3) is 0 Å². The summed E-state index contributed by atoms with van der Waals surface area (Å²) in [6.45, 7) is 6.17. The molecule has 1 N–H and O–H groups in total. The predicted molar refractivity (Wildman–Crippen MR) is 81.7 cm³/mol. The largest absolute Gasteiger partial charge is 0.384 e. The number of hydrogen-bond acceptors (Lipinski definition) is 2. The summed E-state index contributed by atoms with van der Waals surface area (Å²) >= 11 is 0. The normalized spacial score (nSPS) is 25.4. The first kappa shape index (κ1) is 13.5. The van der Waals surface area contributed by atoms with Crippen LogP contribution in [0.15, 0.2) is 24.3 Å². The molecule has 1 saturated heterocycles. The summed E-state index contributed by atoms with van der Waals surface area (Å²) in [5.41, 5.74) is 2.47. The Labute approximate surface area is 121 Å². The number of para-hydroxylation sites is 1. The zero-order chi connectivity index (χ0) is 14.1. The molecule has 108 valence electrons. The molecule has 3 rings (SSSR count). The van der Waals surface area contributed by atoms with Gasteiger partial charge in [-0.25, -0.2) is 0 Å². The number of benzene rings is 1. The number of fused-ring (bicyclic) bond motifs is 1. The minimum absolute atomic E-state index is 0.101. The van der Waals surface area contributed by atoms with Crippen molar-refractivity contribution in [1.29, 1.82) is 0 Å². The van der Waals surface area contributed by atoms with Gasteiger partial charge < -0.3 is 10.2 Å². The molecular weight excluding hydrogens is 248 g/mol. The Morgan fingerprint density at radius 3 is 2.95 bits per heavy atom. The van der Waals surface area contributed by atoms with Crippen LogP contribution in [0.1, 0.15) is 32.3 Å². The molecule has 2 atom stereocenters. The van der Waals surface area contributed by atoms with E-state index < -0.39 is 0 Å². The smallest absolute Gasteiger partial charge is 0.228 e. The Kier molecular flexibility index (Phi) is 3.68. The van der Waals surface area contributed by atoms with Crippen LogP contribution >= 0.6 is 0 Å². The van der Waals surface area contributed by atoms with Crippen LogP contribution in [0.3, 0.4) is 0 Å². The molecule has 0 aromatic heterocycles. The second-order valence-corrected chi connectivity index (χ2v) is 6.42. The SMILES string of the molecule is CC(C)C1CCCN1C(=O)C1CNc2ccccc2C1. The summed E-state index contributed by atoms with van der Waals surface area (Å²) in [5, 5.41) is 3.41. The predicted octanol–water partition coefficient (Wildman–Crippen LogP) is 2.92. The quantitative estimate of drug-likeness (QED) is 0.898. The fourth-order valence-electron chi connectivity index (χ4n) is 3.61. The molecule has 2 unspecified atom stereocenters. The second-order valence-electron chi connectivity index (χ2n) is 6.42. The van der Waals surface area contributed by atoms with Gasteiger partial charge in [0.15, 0.2) is 0 Å². The van der Waals surface area contributed by atoms with Gasteiger partial charge in [0, 0.05) is 24.8 Å². The van der Waals surface area contributed by atoms with E-state index >= 15 is 0 Å². The summed E-state index contributed by atoms with van der Waals surface area (Å²) in [6, 6.07) is 8.78. The first-order chi connectivity index (χ1) is 9.66. The molecule has 3 nitrogen and oxygen atoms in total. The zero-order valence-corrected chi connectivity index (χ0v) is 12.4. The van der Waals surface area contributed by atoms with Crippen LogP contribution < -0.4 is 5.32 Å². The molecule has 1 amide bonds. The Hall–Kier alpha value is -1.51. The number of hydrogen-bond donors (Lipinski definition) is 1. The lowest BCUT2D eigenvalue weighted by Gasteiger charge is -2.33. The van der Waals surface area contributed by atoms with Crippen LogP contribution in [0.5, 0.6) is 0 Å². The van der Waals surface area contributed by atoms with Crippen molar-refractivity contribution in [2.24, 2.45) is 11.8 Å². The van der Waals surface area contributed by atoms with E-state index in [1.807, 2.05) is 6.07 Å². The highest BCUT2D eigenvalue weighted by molar-refractivity contribution is 5.81. The van der Waals surface area contributed by atoms with Gasteiger partial charge in [0.2, 0.25) is 5.91 Å². The van der Waals surface area contributed by atoms with Gasteiger partial charge in [0.1, 0.15) is 0 Å². The van der Waals surface area contributed by atoms with Crippen LogP contribution in [-0.4, -0.2) is 29.9 Å². The zero-order valence-electron chi connectivity index (χ0n) is 12.4. The maximum absolute atomic E-state index is 12.8. The second kappa shape index (κ2) is 5.47. The number of nitrogens with one attached hydrogen (secondary N) is 1. The molecule has 1 fully saturated rings. The van der Waals surface area contributed by atoms with Crippen molar-refractivity contribution >= 4 is 11.6 Å². The number of amides is 1. The molecule has 2 heterocycles. The molecule has 0 spiro atoms. The topological polar surface area (TPSA) is 32.3 Å². The van der Waals surface area contributed by atoms with E-state index in [0.29, 0.717) is 17.9 Å². The number of anilines is 1. The summed E-state index contributed by atoms with van der Waals surface area (Å²) in [6.07, 6.45) is 3.20. The third kappa shape index (κ3) is 2.41. The molecule has 3 heteroatoms. The highest BCUT2D eigenvalue weighted by Crippen LogP contribution is 2.29. The number of likely N-dealkylation sites (tertiary alicyclic amines) is 1. The minimum atomic E-state index is 0.101. The third-order valence-electron chi connectivity index (χ3n) is 4.72. The van der Waals surface area contributed by atoms with E-state index in [1.54, 1.807) is 0 Å². The molecule has 0 bridgehead atoms. The van der Waals surface area contributed by atoms with E-state index in [0.717, 1.165) is 25.9 Å².